The summed E-state index contributed by atoms with van der Waals surface area (Å²) in [4.78, 5) is 14.6. The number of carbonyl (C=O) groups excluding carboxylic acids is 1. The average molecular weight is 356 g/mol. The number of amides is 1. The molecule has 5 nitrogen and oxygen atoms in total. The van der Waals surface area contributed by atoms with Crippen LogP contribution in [-0.4, -0.2) is 55.7 Å². The Bertz CT molecular complexity index is 309. The zero-order chi connectivity index (χ0) is 14.4. The van der Waals surface area contributed by atoms with E-state index in [4.69, 9.17) is 10.5 Å². The number of hydrogen-bond acceptors (Lipinski definition) is 4. The monoisotopic (exact) mass is 355 g/mol. The van der Waals surface area contributed by atoms with E-state index >= 15 is 0 Å². The summed E-state index contributed by atoms with van der Waals surface area (Å²) in [6.45, 7) is 6.79. The van der Waals surface area contributed by atoms with Gasteiger partial charge in [-0.1, -0.05) is 6.42 Å². The molecule has 2 unspecified atom stereocenters. The van der Waals surface area contributed by atoms with Crippen molar-refractivity contribution >= 4 is 30.7 Å². The van der Waals surface area contributed by atoms with Gasteiger partial charge in [-0.2, -0.15) is 0 Å². The molecular weight excluding hydrogens is 325 g/mol. The number of ether oxygens (including phenoxy) is 1. The first-order valence-corrected chi connectivity index (χ1v) is 8.03. The zero-order valence-corrected chi connectivity index (χ0v) is 15.1. The molecule has 0 aromatic heterocycles. The van der Waals surface area contributed by atoms with Crippen LogP contribution in [0.3, 0.4) is 0 Å². The molecule has 22 heavy (non-hydrogen) atoms. The van der Waals surface area contributed by atoms with Crippen molar-refractivity contribution in [2.24, 2.45) is 11.7 Å². The number of halogens is 2. The maximum absolute atomic E-state index is 12.2. The van der Waals surface area contributed by atoms with Gasteiger partial charge in [-0.25, -0.2) is 0 Å². The van der Waals surface area contributed by atoms with Crippen molar-refractivity contribution in [1.82, 2.24) is 10.2 Å². The molecule has 0 aromatic rings. The molecule has 3 N–H and O–H groups in total. The summed E-state index contributed by atoms with van der Waals surface area (Å²) in [6, 6.07) is -0.214. The third kappa shape index (κ3) is 7.01. The zero-order valence-electron chi connectivity index (χ0n) is 13.5. The van der Waals surface area contributed by atoms with Crippen molar-refractivity contribution in [2.45, 2.75) is 51.1 Å². The summed E-state index contributed by atoms with van der Waals surface area (Å²) in [5, 5.41) is 3.08. The number of nitrogens with two attached hydrogens (primary N) is 1. The van der Waals surface area contributed by atoms with Gasteiger partial charge >= 0.3 is 0 Å². The van der Waals surface area contributed by atoms with Gasteiger partial charge in [0, 0.05) is 25.8 Å². The molecule has 1 amide bonds. The Kier molecular flexibility index (Phi) is 11.4. The van der Waals surface area contributed by atoms with E-state index in [1.54, 1.807) is 0 Å². The molecule has 2 heterocycles. The minimum Gasteiger partial charge on any atom is -0.381 e. The van der Waals surface area contributed by atoms with Crippen molar-refractivity contribution < 1.29 is 9.53 Å². The van der Waals surface area contributed by atoms with E-state index in [9.17, 15) is 4.79 Å². The molecule has 0 spiro atoms. The van der Waals surface area contributed by atoms with Gasteiger partial charge in [0.1, 0.15) is 0 Å². The largest absolute Gasteiger partial charge is 0.381 e. The second-order valence-electron chi connectivity index (χ2n) is 6.25. The lowest BCUT2D eigenvalue weighted by atomic mass is 9.91. The number of carbonyl (C=O) groups is 1. The fraction of sp³-hybridized carbons (Fsp3) is 0.933. The minimum atomic E-state index is -0.386. The topological polar surface area (TPSA) is 67.6 Å². The quantitative estimate of drug-likeness (QED) is 0.785. The van der Waals surface area contributed by atoms with Gasteiger partial charge in [0.15, 0.2) is 0 Å². The lowest BCUT2D eigenvalue weighted by Gasteiger charge is -2.31. The van der Waals surface area contributed by atoms with Crippen molar-refractivity contribution in [3.8, 4) is 0 Å². The summed E-state index contributed by atoms with van der Waals surface area (Å²) >= 11 is 0. The minimum absolute atomic E-state index is 0. The number of piperidine rings is 1. The Morgan fingerprint density at radius 2 is 1.82 bits per heavy atom. The Morgan fingerprint density at radius 1 is 1.23 bits per heavy atom. The van der Waals surface area contributed by atoms with E-state index in [-0.39, 0.29) is 48.7 Å². The van der Waals surface area contributed by atoms with Crippen LogP contribution in [0.4, 0.5) is 0 Å². The molecule has 0 aromatic carbocycles. The van der Waals surface area contributed by atoms with Gasteiger partial charge in [0.05, 0.1) is 6.04 Å². The Morgan fingerprint density at radius 3 is 2.41 bits per heavy atom. The summed E-state index contributed by atoms with van der Waals surface area (Å²) in [6.07, 6.45) is 5.69. The van der Waals surface area contributed by atoms with Crippen LogP contribution in [0.15, 0.2) is 0 Å². The average Bonchev–Trinajstić information content (AvgIpc) is 2.48. The maximum Gasteiger partial charge on any atom is 0.237 e. The Balaban J connectivity index is 0.00000220. The summed E-state index contributed by atoms with van der Waals surface area (Å²) in [5.74, 6) is 0.271. The molecule has 0 bridgehead atoms. The summed E-state index contributed by atoms with van der Waals surface area (Å²) < 4.78 is 5.32. The fourth-order valence-electron chi connectivity index (χ4n) is 3.20. The third-order valence-corrected chi connectivity index (χ3v) is 4.45. The van der Waals surface area contributed by atoms with E-state index in [0.29, 0.717) is 0 Å². The van der Waals surface area contributed by atoms with Gasteiger partial charge in [-0.3, -0.25) is 4.79 Å². The maximum atomic E-state index is 12.2. The lowest BCUT2D eigenvalue weighted by Crippen LogP contribution is -2.52. The van der Waals surface area contributed by atoms with Crippen molar-refractivity contribution in [1.29, 1.82) is 0 Å². The van der Waals surface area contributed by atoms with E-state index in [2.05, 4.69) is 17.1 Å². The predicted molar refractivity (Wildman–Crippen MR) is 93.9 cm³/mol. The van der Waals surface area contributed by atoms with E-state index < -0.39 is 0 Å². The first-order valence-electron chi connectivity index (χ1n) is 8.03. The Labute approximate surface area is 146 Å². The van der Waals surface area contributed by atoms with Crippen LogP contribution >= 0.6 is 24.8 Å². The molecule has 2 fully saturated rings. The van der Waals surface area contributed by atoms with Crippen LogP contribution in [0.1, 0.15) is 39.0 Å². The fourth-order valence-corrected chi connectivity index (χ4v) is 3.20. The molecule has 7 heteroatoms. The first-order chi connectivity index (χ1) is 9.66. The van der Waals surface area contributed by atoms with Crippen molar-refractivity contribution in [3.05, 3.63) is 0 Å². The molecule has 132 valence electrons. The van der Waals surface area contributed by atoms with Gasteiger partial charge in [-0.15, -0.1) is 24.8 Å². The van der Waals surface area contributed by atoms with Crippen LogP contribution in [0.2, 0.25) is 0 Å². The molecule has 0 aliphatic carbocycles. The first kappa shape index (κ1) is 21.9. The SMILES string of the molecule is CC(CN1CCCCC1)NC(=O)C(N)C1CCOCC1.Cl.Cl. The van der Waals surface area contributed by atoms with Crippen LogP contribution < -0.4 is 11.1 Å². The van der Waals surface area contributed by atoms with E-state index in [1.807, 2.05) is 0 Å². The second kappa shape index (κ2) is 11.5. The number of hydrogen-bond donors (Lipinski definition) is 2. The van der Waals surface area contributed by atoms with Crippen LogP contribution in [0.5, 0.6) is 0 Å². The highest BCUT2D eigenvalue weighted by Crippen LogP contribution is 2.17. The summed E-state index contributed by atoms with van der Waals surface area (Å²) in [5.41, 5.74) is 6.09. The van der Waals surface area contributed by atoms with Crippen LogP contribution in [-0.2, 0) is 9.53 Å². The van der Waals surface area contributed by atoms with Gasteiger partial charge in [-0.05, 0) is 51.6 Å². The normalized spacial score (nSPS) is 22.8. The number of nitrogens with one attached hydrogen (secondary N) is 1. The van der Waals surface area contributed by atoms with Gasteiger partial charge < -0.3 is 20.7 Å². The molecule has 2 aliphatic rings. The predicted octanol–water partition coefficient (Wildman–Crippen LogP) is 1.57. The highest BCUT2D eigenvalue weighted by atomic mass is 35.5. The Hall–Kier alpha value is -0.0700. The van der Waals surface area contributed by atoms with E-state index in [1.165, 1.54) is 19.3 Å². The number of likely N-dealkylation sites (tertiary alicyclic amines) is 1. The number of rotatable bonds is 5. The van der Waals surface area contributed by atoms with Crippen molar-refractivity contribution in [2.75, 3.05) is 32.8 Å². The molecule has 2 aliphatic heterocycles. The van der Waals surface area contributed by atoms with Gasteiger partial charge in [0.2, 0.25) is 5.91 Å². The van der Waals surface area contributed by atoms with Crippen LogP contribution in [0, 0.1) is 5.92 Å². The molecule has 0 radical (unpaired) electrons. The molecule has 2 atom stereocenters. The third-order valence-electron chi connectivity index (χ3n) is 4.45. The van der Waals surface area contributed by atoms with E-state index in [0.717, 1.165) is 45.7 Å². The summed E-state index contributed by atoms with van der Waals surface area (Å²) in [7, 11) is 0. The van der Waals surface area contributed by atoms with Gasteiger partial charge in [0.25, 0.3) is 0 Å². The standard InChI is InChI=1S/C15H29N3O2.2ClH/c1-12(11-18-7-3-2-4-8-18)17-15(19)14(16)13-5-9-20-10-6-13;;/h12-14H,2-11,16H2,1H3,(H,17,19);2*1H. The molecule has 0 saturated carbocycles. The number of nitrogens with zero attached hydrogens (tertiary/aromatic N) is 1. The van der Waals surface area contributed by atoms with Crippen molar-refractivity contribution in [3.63, 3.8) is 0 Å². The smallest absolute Gasteiger partial charge is 0.237 e. The molecule has 2 rings (SSSR count). The second-order valence-corrected chi connectivity index (χ2v) is 6.25. The highest BCUT2D eigenvalue weighted by molar-refractivity contribution is 5.85. The highest BCUT2D eigenvalue weighted by Gasteiger charge is 2.27. The molecular formula is C15H31Cl2N3O2. The van der Waals surface area contributed by atoms with Crippen LogP contribution in [0.25, 0.3) is 0 Å². The molecule has 2 saturated heterocycles. The lowest BCUT2D eigenvalue weighted by molar-refractivity contribution is -0.125.